The van der Waals surface area contributed by atoms with E-state index in [4.69, 9.17) is 16.9 Å². The molecule has 0 radical (unpaired) electrons. The summed E-state index contributed by atoms with van der Waals surface area (Å²) in [5.74, 6) is 0.526. The molecule has 1 aliphatic rings. The van der Waals surface area contributed by atoms with Crippen molar-refractivity contribution >= 4 is 27.6 Å². The number of hydrogen-bond acceptors (Lipinski definition) is 3. The number of amidine groups is 1. The molecule has 18 heavy (non-hydrogen) atoms. The molecule has 1 aliphatic heterocycles. The van der Waals surface area contributed by atoms with E-state index in [-0.39, 0.29) is 6.04 Å². The summed E-state index contributed by atoms with van der Waals surface area (Å²) in [6, 6.07) is 7.53. The molecule has 94 valence electrons. The number of benzene rings is 1. The van der Waals surface area contributed by atoms with Crippen molar-refractivity contribution in [1.29, 1.82) is 5.26 Å². The molecule has 0 amide bonds. The molecule has 2 atom stereocenters. The van der Waals surface area contributed by atoms with Gasteiger partial charge in [0.15, 0.2) is 0 Å². The van der Waals surface area contributed by atoms with E-state index in [2.05, 4.69) is 4.99 Å². The Morgan fingerprint density at radius 3 is 2.78 bits per heavy atom. The van der Waals surface area contributed by atoms with E-state index in [1.165, 1.54) is 0 Å². The summed E-state index contributed by atoms with van der Waals surface area (Å²) < 4.78 is 11.7. The van der Waals surface area contributed by atoms with E-state index >= 15 is 0 Å². The third-order valence-corrected chi connectivity index (χ3v) is 4.47. The van der Waals surface area contributed by atoms with Crippen LogP contribution in [0.3, 0.4) is 0 Å². The van der Waals surface area contributed by atoms with Crippen LogP contribution >= 0.6 is 11.6 Å². The lowest BCUT2D eigenvalue weighted by Gasteiger charge is -2.25. The molecule has 0 aliphatic carbocycles. The van der Waals surface area contributed by atoms with Crippen molar-refractivity contribution in [2.24, 2.45) is 4.99 Å². The number of hydrogen-bond donors (Lipinski definition) is 0. The third kappa shape index (κ3) is 2.55. The zero-order valence-corrected chi connectivity index (χ0v) is 11.4. The molecule has 2 rings (SSSR count). The average Bonchev–Trinajstić information content (AvgIpc) is 2.72. The number of rotatable bonds is 2. The number of nitriles is 1. The highest BCUT2D eigenvalue weighted by Crippen LogP contribution is 2.25. The van der Waals surface area contributed by atoms with Crippen molar-refractivity contribution in [2.45, 2.75) is 13.0 Å². The first-order valence-electron chi connectivity index (χ1n) is 5.50. The Labute approximate surface area is 113 Å². The summed E-state index contributed by atoms with van der Waals surface area (Å²) in [6.07, 6.45) is 1.72. The topological polar surface area (TPSA) is 56.5 Å². The predicted molar refractivity (Wildman–Crippen MR) is 72.6 cm³/mol. The van der Waals surface area contributed by atoms with Crippen molar-refractivity contribution in [1.82, 2.24) is 4.90 Å². The molecule has 1 saturated heterocycles. The van der Waals surface area contributed by atoms with Gasteiger partial charge in [-0.1, -0.05) is 23.7 Å². The fourth-order valence-electron chi connectivity index (χ4n) is 1.94. The molecule has 1 aromatic rings. The molecular formula is C12H12ClN3OS. The number of halogens is 1. The highest BCUT2D eigenvalue weighted by Gasteiger charge is 2.30. The van der Waals surface area contributed by atoms with Gasteiger partial charge in [-0.05, 0) is 24.6 Å². The molecule has 0 spiro atoms. The summed E-state index contributed by atoms with van der Waals surface area (Å²) in [5.41, 5.74) is 1.06. The average molecular weight is 282 g/mol. The number of aliphatic imine (C=N–C) groups is 1. The zero-order valence-electron chi connectivity index (χ0n) is 9.84. The van der Waals surface area contributed by atoms with E-state index in [1.807, 2.05) is 36.1 Å². The monoisotopic (exact) mass is 281 g/mol. The second-order valence-corrected chi connectivity index (χ2v) is 5.87. The molecule has 2 unspecified atom stereocenters. The molecule has 0 saturated carbocycles. The fourth-order valence-corrected chi connectivity index (χ4v) is 3.26. The minimum absolute atomic E-state index is 0.0285. The van der Waals surface area contributed by atoms with Crippen LogP contribution in [-0.4, -0.2) is 26.6 Å². The normalized spacial score (nSPS) is 23.1. The summed E-state index contributed by atoms with van der Waals surface area (Å²) >= 11 is 5.85. The Bertz CT molecular complexity index is 535. The Kier molecular flexibility index (Phi) is 4.00. The SMILES string of the molecule is CC(c1ccc(Cl)cc1)N1CCS(=O)C1=NC#N. The van der Waals surface area contributed by atoms with Crippen LogP contribution in [0.5, 0.6) is 0 Å². The number of nitrogens with zero attached hydrogens (tertiary/aromatic N) is 3. The Hall–Kier alpha value is -1.38. The first kappa shape index (κ1) is 13.1. The first-order valence-corrected chi connectivity index (χ1v) is 7.20. The van der Waals surface area contributed by atoms with E-state index in [0.717, 1.165) is 5.56 Å². The van der Waals surface area contributed by atoms with E-state index in [1.54, 1.807) is 6.19 Å². The van der Waals surface area contributed by atoms with Crippen molar-refractivity contribution in [2.75, 3.05) is 12.3 Å². The van der Waals surface area contributed by atoms with Crippen LogP contribution < -0.4 is 0 Å². The van der Waals surface area contributed by atoms with Crippen LogP contribution in [0, 0.1) is 11.5 Å². The lowest BCUT2D eigenvalue weighted by molar-refractivity contribution is 0.370. The van der Waals surface area contributed by atoms with Crippen LogP contribution in [0.25, 0.3) is 0 Å². The maximum atomic E-state index is 11.7. The third-order valence-electron chi connectivity index (χ3n) is 2.93. The quantitative estimate of drug-likeness (QED) is 0.782. The summed E-state index contributed by atoms with van der Waals surface area (Å²) in [6.45, 7) is 2.65. The summed E-state index contributed by atoms with van der Waals surface area (Å²) in [7, 11) is -1.16. The lowest BCUT2D eigenvalue weighted by Crippen LogP contribution is -2.29. The molecule has 0 N–H and O–H groups in total. The van der Waals surface area contributed by atoms with Crippen molar-refractivity contribution in [3.63, 3.8) is 0 Å². The molecule has 0 aromatic heterocycles. The van der Waals surface area contributed by atoms with Crippen LogP contribution in [0.1, 0.15) is 18.5 Å². The van der Waals surface area contributed by atoms with Gasteiger partial charge in [0.2, 0.25) is 11.4 Å². The molecule has 6 heteroatoms. The van der Waals surface area contributed by atoms with Crippen molar-refractivity contribution in [3.8, 4) is 6.19 Å². The van der Waals surface area contributed by atoms with Gasteiger partial charge in [0, 0.05) is 17.3 Å². The molecule has 4 nitrogen and oxygen atoms in total. The predicted octanol–water partition coefficient (Wildman–Crippen LogP) is 2.30. The van der Waals surface area contributed by atoms with Gasteiger partial charge in [-0.2, -0.15) is 5.26 Å². The minimum atomic E-state index is -1.16. The molecule has 0 bridgehead atoms. The second kappa shape index (κ2) is 5.51. The van der Waals surface area contributed by atoms with Crippen molar-refractivity contribution in [3.05, 3.63) is 34.9 Å². The Morgan fingerprint density at radius 1 is 1.50 bits per heavy atom. The molecule has 1 fully saturated rings. The Balaban J connectivity index is 2.26. The van der Waals surface area contributed by atoms with Gasteiger partial charge in [-0.15, -0.1) is 4.99 Å². The lowest BCUT2D eigenvalue weighted by atomic mass is 10.1. The molecule has 1 aromatic carbocycles. The van der Waals surface area contributed by atoms with Gasteiger partial charge in [-0.25, -0.2) is 0 Å². The van der Waals surface area contributed by atoms with E-state index in [9.17, 15) is 4.21 Å². The van der Waals surface area contributed by atoms with E-state index in [0.29, 0.717) is 22.5 Å². The highest BCUT2D eigenvalue weighted by atomic mass is 35.5. The van der Waals surface area contributed by atoms with Crippen molar-refractivity contribution < 1.29 is 4.21 Å². The maximum absolute atomic E-state index is 11.7. The van der Waals surface area contributed by atoms with Gasteiger partial charge in [-0.3, -0.25) is 4.21 Å². The van der Waals surface area contributed by atoms with Crippen LogP contribution in [0.4, 0.5) is 0 Å². The maximum Gasteiger partial charge on any atom is 0.208 e. The molecular weight excluding hydrogens is 270 g/mol. The van der Waals surface area contributed by atoms with Gasteiger partial charge >= 0.3 is 0 Å². The van der Waals surface area contributed by atoms with Gasteiger partial charge in [0.1, 0.15) is 0 Å². The Morgan fingerprint density at radius 2 is 2.17 bits per heavy atom. The van der Waals surface area contributed by atoms with Gasteiger partial charge < -0.3 is 4.90 Å². The van der Waals surface area contributed by atoms with Gasteiger partial charge in [0.25, 0.3) is 0 Å². The van der Waals surface area contributed by atoms with Crippen LogP contribution in [-0.2, 0) is 10.8 Å². The largest absolute Gasteiger partial charge is 0.341 e. The molecule has 1 heterocycles. The smallest absolute Gasteiger partial charge is 0.208 e. The standard InChI is InChI=1S/C12H12ClN3OS/c1-9(10-2-4-11(13)5-3-10)16-6-7-18(17)12(16)15-8-14/h2-5,9H,6-7H2,1H3. The zero-order chi connectivity index (χ0) is 13.1. The summed E-state index contributed by atoms with van der Waals surface area (Å²) in [4.78, 5) is 5.58. The van der Waals surface area contributed by atoms with Crippen LogP contribution in [0.15, 0.2) is 29.3 Å². The highest BCUT2D eigenvalue weighted by molar-refractivity contribution is 8.00. The van der Waals surface area contributed by atoms with Crippen LogP contribution in [0.2, 0.25) is 5.02 Å². The van der Waals surface area contributed by atoms with Gasteiger partial charge in [0.05, 0.1) is 16.8 Å². The summed E-state index contributed by atoms with van der Waals surface area (Å²) in [5, 5.41) is 9.69. The minimum Gasteiger partial charge on any atom is -0.341 e. The van der Waals surface area contributed by atoms with E-state index < -0.39 is 10.8 Å². The fraction of sp³-hybridized carbons (Fsp3) is 0.333. The second-order valence-electron chi connectivity index (χ2n) is 3.96. The first-order chi connectivity index (χ1) is 8.63.